The average Bonchev–Trinajstić information content (AvgIpc) is 2.75. The molecule has 16 heavy (non-hydrogen) atoms. The number of nitrogens with zero attached hydrogens (tertiary/aromatic N) is 5. The highest BCUT2D eigenvalue weighted by Gasteiger charge is 2.18. The molecule has 84 valence electrons. The molecule has 2 aromatic rings. The topological polar surface area (TPSA) is 86.7 Å². The summed E-state index contributed by atoms with van der Waals surface area (Å²) in [5, 5.41) is 18.2. The molecule has 2 aromatic heterocycles. The lowest BCUT2D eigenvalue weighted by molar-refractivity contribution is -0.390. The molecule has 0 saturated heterocycles. The van der Waals surface area contributed by atoms with Crippen molar-refractivity contribution < 1.29 is 4.92 Å². The minimum atomic E-state index is -0.521. The molecule has 0 fully saturated rings. The summed E-state index contributed by atoms with van der Waals surface area (Å²) in [5.41, 5.74) is 1.06. The number of hydrogen-bond donors (Lipinski definition) is 0. The Morgan fingerprint density at radius 3 is 2.94 bits per heavy atom. The molecule has 0 radical (unpaired) electrons. The number of aryl methyl sites for hydroxylation is 1. The largest absolute Gasteiger partial charge is 0.392 e. The number of aromatic nitrogens is 4. The van der Waals surface area contributed by atoms with Crippen LogP contribution in [-0.2, 0) is 6.54 Å². The van der Waals surface area contributed by atoms with E-state index in [1.807, 2.05) is 0 Å². The lowest BCUT2D eigenvalue weighted by Gasteiger charge is -1.91. The Labute approximate surface area is 99.0 Å². The molecule has 2 heterocycles. The highest BCUT2D eigenvalue weighted by molar-refractivity contribution is 7.10. The lowest BCUT2D eigenvalue weighted by Crippen LogP contribution is -2.02. The number of hydrogen-bond acceptors (Lipinski definition) is 6. The third kappa shape index (κ3) is 2.02. The fraction of sp³-hybridized carbons (Fsp3) is 0.286. The first kappa shape index (κ1) is 11.0. The Balaban J connectivity index is 2.26. The molecule has 0 saturated carbocycles. The van der Waals surface area contributed by atoms with Crippen LogP contribution in [0.3, 0.4) is 0 Å². The van der Waals surface area contributed by atoms with Gasteiger partial charge in [0.2, 0.25) is 0 Å². The first-order valence-corrected chi connectivity index (χ1v) is 5.38. The third-order valence-electron chi connectivity index (χ3n) is 1.91. The van der Waals surface area contributed by atoms with E-state index in [-0.39, 0.29) is 12.4 Å². The van der Waals surface area contributed by atoms with E-state index in [1.165, 1.54) is 4.68 Å². The van der Waals surface area contributed by atoms with Crippen LogP contribution in [0.25, 0.3) is 0 Å². The second kappa shape index (κ2) is 4.14. The molecule has 0 bridgehead atoms. The van der Waals surface area contributed by atoms with E-state index >= 15 is 0 Å². The summed E-state index contributed by atoms with van der Waals surface area (Å²) < 4.78 is 5.56. The van der Waals surface area contributed by atoms with E-state index in [0.717, 1.165) is 11.5 Å². The number of nitro groups is 1. The van der Waals surface area contributed by atoms with Crippen molar-refractivity contribution in [2.75, 3.05) is 0 Å². The zero-order valence-corrected chi connectivity index (χ0v) is 9.70. The lowest BCUT2D eigenvalue weighted by atomic mass is 10.4. The van der Waals surface area contributed by atoms with Gasteiger partial charge < -0.3 is 10.1 Å². The van der Waals surface area contributed by atoms with Gasteiger partial charge in [-0.15, -0.1) is 5.10 Å². The number of halogens is 1. The molecule has 0 aliphatic rings. The Hall–Kier alpha value is -1.54. The summed E-state index contributed by atoms with van der Waals surface area (Å²) >= 11 is 6.89. The highest BCUT2D eigenvalue weighted by atomic mass is 35.5. The van der Waals surface area contributed by atoms with Crippen molar-refractivity contribution in [3.8, 4) is 0 Å². The Morgan fingerprint density at radius 1 is 1.69 bits per heavy atom. The molecule has 0 spiro atoms. The van der Waals surface area contributed by atoms with E-state index < -0.39 is 4.92 Å². The van der Waals surface area contributed by atoms with Crippen LogP contribution in [0.15, 0.2) is 6.20 Å². The quantitative estimate of drug-likeness (QED) is 0.618. The van der Waals surface area contributed by atoms with Gasteiger partial charge in [0.25, 0.3) is 0 Å². The second-order valence-corrected chi connectivity index (χ2v) is 4.44. The summed E-state index contributed by atoms with van der Waals surface area (Å²) in [6.07, 6.45) is 1.58. The van der Waals surface area contributed by atoms with Crippen LogP contribution in [0.1, 0.15) is 11.3 Å². The molecule has 0 N–H and O–H groups in total. The van der Waals surface area contributed by atoms with Crippen molar-refractivity contribution >= 4 is 29.0 Å². The normalized spacial score (nSPS) is 10.6. The molecule has 0 aromatic carbocycles. The van der Waals surface area contributed by atoms with Gasteiger partial charge in [-0.1, -0.05) is 16.1 Å². The van der Waals surface area contributed by atoms with Crippen molar-refractivity contribution in [3.05, 3.63) is 31.9 Å². The molecule has 9 heteroatoms. The summed E-state index contributed by atoms with van der Waals surface area (Å²) in [6.45, 7) is 1.91. The van der Waals surface area contributed by atoms with E-state index in [9.17, 15) is 10.1 Å². The van der Waals surface area contributed by atoms with E-state index in [0.29, 0.717) is 15.6 Å². The SMILES string of the molecule is Cc1cn(Cc2nnsc2Cl)nc1[N+](=O)[O-]. The standard InChI is InChI=1S/C7H6ClN5O2S/c1-4-2-12(10-7(4)13(14)15)3-5-6(8)16-11-9-5/h2H,3H2,1H3. The minimum absolute atomic E-state index is 0.153. The first-order chi connectivity index (χ1) is 7.58. The fourth-order valence-corrected chi connectivity index (χ4v) is 1.83. The summed E-state index contributed by atoms with van der Waals surface area (Å²) in [6, 6.07) is 0. The van der Waals surface area contributed by atoms with Crippen LogP contribution >= 0.6 is 23.1 Å². The smallest absolute Gasteiger partial charge is 0.358 e. The van der Waals surface area contributed by atoms with Crippen LogP contribution in [0.2, 0.25) is 4.34 Å². The molecule has 7 nitrogen and oxygen atoms in total. The van der Waals surface area contributed by atoms with Crippen LogP contribution < -0.4 is 0 Å². The Kier molecular flexibility index (Phi) is 2.84. The van der Waals surface area contributed by atoms with Gasteiger partial charge >= 0.3 is 5.82 Å². The van der Waals surface area contributed by atoms with Crippen molar-refractivity contribution in [1.82, 2.24) is 19.4 Å². The van der Waals surface area contributed by atoms with Crippen molar-refractivity contribution in [2.45, 2.75) is 13.5 Å². The zero-order chi connectivity index (χ0) is 11.7. The molecule has 0 aliphatic carbocycles. The summed E-state index contributed by atoms with van der Waals surface area (Å²) in [5.74, 6) is -0.153. The van der Waals surface area contributed by atoms with Gasteiger partial charge in [0.05, 0.1) is 16.9 Å². The highest BCUT2D eigenvalue weighted by Crippen LogP contribution is 2.20. The molecule has 2 rings (SSSR count). The van der Waals surface area contributed by atoms with Crippen molar-refractivity contribution in [1.29, 1.82) is 0 Å². The van der Waals surface area contributed by atoms with Gasteiger partial charge in [-0.2, -0.15) is 4.68 Å². The zero-order valence-electron chi connectivity index (χ0n) is 8.12. The van der Waals surface area contributed by atoms with Crippen molar-refractivity contribution in [3.63, 3.8) is 0 Å². The Bertz CT molecular complexity index is 537. The van der Waals surface area contributed by atoms with Crippen LogP contribution in [0.4, 0.5) is 5.82 Å². The molecular formula is C7H6ClN5O2S. The Morgan fingerprint density at radius 2 is 2.44 bits per heavy atom. The van der Waals surface area contributed by atoms with E-state index in [2.05, 4.69) is 14.7 Å². The molecule has 0 amide bonds. The molecule has 0 atom stereocenters. The minimum Gasteiger partial charge on any atom is -0.358 e. The molecule has 0 aliphatic heterocycles. The van der Waals surface area contributed by atoms with Crippen LogP contribution in [0.5, 0.6) is 0 Å². The predicted octanol–water partition coefficient (Wildman–Crippen LogP) is 1.65. The molecular weight excluding hydrogens is 254 g/mol. The van der Waals surface area contributed by atoms with Gasteiger partial charge in [-0.25, -0.2) is 0 Å². The van der Waals surface area contributed by atoms with E-state index in [1.54, 1.807) is 13.1 Å². The number of rotatable bonds is 3. The maximum absolute atomic E-state index is 10.6. The maximum Gasteiger partial charge on any atom is 0.392 e. The van der Waals surface area contributed by atoms with Gasteiger partial charge in [0.1, 0.15) is 16.6 Å². The predicted molar refractivity (Wildman–Crippen MR) is 57.6 cm³/mol. The second-order valence-electron chi connectivity index (χ2n) is 3.08. The van der Waals surface area contributed by atoms with Gasteiger partial charge in [-0.3, -0.25) is 0 Å². The van der Waals surface area contributed by atoms with Gasteiger partial charge in [-0.05, 0) is 11.8 Å². The van der Waals surface area contributed by atoms with E-state index in [4.69, 9.17) is 11.6 Å². The third-order valence-corrected chi connectivity index (χ3v) is 2.90. The van der Waals surface area contributed by atoms with Crippen LogP contribution in [-0.4, -0.2) is 24.3 Å². The summed E-state index contributed by atoms with van der Waals surface area (Å²) in [7, 11) is 0. The van der Waals surface area contributed by atoms with Crippen molar-refractivity contribution in [2.24, 2.45) is 0 Å². The first-order valence-electron chi connectivity index (χ1n) is 4.23. The van der Waals surface area contributed by atoms with Gasteiger partial charge in [0, 0.05) is 11.5 Å². The average molecular weight is 260 g/mol. The van der Waals surface area contributed by atoms with Crippen LogP contribution in [0, 0.1) is 17.0 Å². The summed E-state index contributed by atoms with van der Waals surface area (Å²) in [4.78, 5) is 10.1. The monoisotopic (exact) mass is 259 g/mol. The molecule has 0 unspecified atom stereocenters. The fourth-order valence-electron chi connectivity index (χ4n) is 1.22. The van der Waals surface area contributed by atoms with Gasteiger partial charge in [0.15, 0.2) is 0 Å². The maximum atomic E-state index is 10.6.